The molecular weight excluding hydrogens is 286 g/mol. The van der Waals surface area contributed by atoms with Crippen molar-refractivity contribution in [1.29, 1.82) is 0 Å². The first-order valence-electron chi connectivity index (χ1n) is 5.99. The molecule has 0 fully saturated rings. The van der Waals surface area contributed by atoms with E-state index >= 15 is 0 Å². The molecule has 2 amide bonds. The molecule has 2 N–H and O–H groups in total. The number of amides is 2. The largest absolute Gasteiger partial charge is 0.467 e. The molecule has 6 nitrogen and oxygen atoms in total. The van der Waals surface area contributed by atoms with Crippen LogP contribution in [0.3, 0.4) is 0 Å². The predicted molar refractivity (Wildman–Crippen MR) is 66.1 cm³/mol. The number of hydrogen-bond acceptors (Lipinski definition) is 4. The van der Waals surface area contributed by atoms with Crippen LogP contribution in [0.2, 0.25) is 0 Å². The Balaban J connectivity index is 1.86. The summed E-state index contributed by atoms with van der Waals surface area (Å²) in [5.41, 5.74) is 0. The smallest absolute Gasteiger partial charge is 0.400 e. The van der Waals surface area contributed by atoms with Gasteiger partial charge in [0.15, 0.2) is 0 Å². The van der Waals surface area contributed by atoms with Crippen LogP contribution in [0.1, 0.15) is 11.5 Å². The first-order valence-corrected chi connectivity index (χ1v) is 5.99. The Morgan fingerprint density at radius 3 is 1.71 bits per heavy atom. The second-order valence-corrected chi connectivity index (χ2v) is 4.10. The highest BCUT2D eigenvalue weighted by atomic mass is 19.3. The summed E-state index contributed by atoms with van der Waals surface area (Å²) in [4.78, 5) is 22.8. The van der Waals surface area contributed by atoms with E-state index in [2.05, 4.69) is 0 Å². The van der Waals surface area contributed by atoms with Crippen LogP contribution in [-0.4, -0.2) is 17.7 Å². The highest BCUT2D eigenvalue weighted by molar-refractivity contribution is 6.06. The van der Waals surface area contributed by atoms with Crippen molar-refractivity contribution in [3.63, 3.8) is 0 Å². The van der Waals surface area contributed by atoms with E-state index in [0.717, 1.165) is 0 Å². The van der Waals surface area contributed by atoms with Crippen LogP contribution in [0.5, 0.6) is 0 Å². The molecule has 2 aromatic heterocycles. The van der Waals surface area contributed by atoms with Crippen molar-refractivity contribution in [1.82, 2.24) is 10.6 Å². The molecule has 8 heteroatoms. The maximum absolute atomic E-state index is 13.6. The minimum Gasteiger partial charge on any atom is -0.467 e. The van der Waals surface area contributed by atoms with E-state index in [1.807, 2.05) is 10.6 Å². The molecule has 2 aromatic rings. The molecule has 0 bridgehead atoms. The zero-order chi connectivity index (χ0) is 15.3. The van der Waals surface area contributed by atoms with Gasteiger partial charge in [-0.15, -0.1) is 0 Å². The Morgan fingerprint density at radius 2 is 1.38 bits per heavy atom. The molecule has 0 spiro atoms. The topological polar surface area (TPSA) is 84.5 Å². The molecule has 0 unspecified atom stereocenters. The zero-order valence-corrected chi connectivity index (χ0v) is 10.8. The summed E-state index contributed by atoms with van der Waals surface area (Å²) in [6.45, 7) is -0.459. The maximum atomic E-state index is 13.6. The van der Waals surface area contributed by atoms with E-state index in [1.165, 1.54) is 24.7 Å². The minimum absolute atomic E-state index is 0.229. The van der Waals surface area contributed by atoms with Gasteiger partial charge in [0.25, 0.3) is 0 Å². The minimum atomic E-state index is -4.18. The molecule has 0 aliphatic heterocycles. The second-order valence-electron chi connectivity index (χ2n) is 4.10. The lowest BCUT2D eigenvalue weighted by Gasteiger charge is -2.14. The number of halogens is 2. The van der Waals surface area contributed by atoms with Crippen molar-refractivity contribution in [2.45, 2.75) is 19.0 Å². The number of rotatable bonds is 6. The SMILES string of the molecule is O=C(NCc1ccco1)C(F)(F)C(=O)NCc1ccco1. The van der Waals surface area contributed by atoms with Gasteiger partial charge in [0.1, 0.15) is 11.5 Å². The Kier molecular flexibility index (Phi) is 4.36. The van der Waals surface area contributed by atoms with E-state index in [1.54, 1.807) is 12.1 Å². The van der Waals surface area contributed by atoms with Crippen molar-refractivity contribution >= 4 is 11.8 Å². The summed E-state index contributed by atoms with van der Waals surface area (Å²) in [5.74, 6) is -6.98. The van der Waals surface area contributed by atoms with Gasteiger partial charge in [-0.2, -0.15) is 8.78 Å². The third kappa shape index (κ3) is 3.68. The molecule has 0 radical (unpaired) electrons. The zero-order valence-electron chi connectivity index (χ0n) is 10.8. The van der Waals surface area contributed by atoms with E-state index in [0.29, 0.717) is 11.5 Å². The van der Waals surface area contributed by atoms with Crippen LogP contribution in [0.4, 0.5) is 8.78 Å². The van der Waals surface area contributed by atoms with Gasteiger partial charge in [0.05, 0.1) is 25.6 Å². The summed E-state index contributed by atoms with van der Waals surface area (Å²) < 4.78 is 36.9. The second kappa shape index (κ2) is 6.21. The van der Waals surface area contributed by atoms with Gasteiger partial charge in [-0.3, -0.25) is 9.59 Å². The molecule has 2 heterocycles. The third-order valence-electron chi connectivity index (χ3n) is 2.58. The van der Waals surface area contributed by atoms with E-state index in [4.69, 9.17) is 8.83 Å². The summed E-state index contributed by atoms with van der Waals surface area (Å²) in [7, 11) is 0. The average molecular weight is 298 g/mol. The van der Waals surface area contributed by atoms with Gasteiger partial charge >= 0.3 is 17.7 Å². The van der Waals surface area contributed by atoms with Gasteiger partial charge in [-0.05, 0) is 24.3 Å². The normalized spacial score (nSPS) is 11.1. The van der Waals surface area contributed by atoms with Gasteiger partial charge in [0.2, 0.25) is 0 Å². The van der Waals surface area contributed by atoms with Crippen molar-refractivity contribution in [2.24, 2.45) is 0 Å². The Bertz CT molecular complexity index is 541. The Morgan fingerprint density at radius 1 is 0.952 bits per heavy atom. The molecule has 0 aliphatic rings. The van der Waals surface area contributed by atoms with Gasteiger partial charge in [0, 0.05) is 0 Å². The van der Waals surface area contributed by atoms with Crippen molar-refractivity contribution in [3.05, 3.63) is 48.3 Å². The highest BCUT2D eigenvalue weighted by Crippen LogP contribution is 2.15. The maximum Gasteiger partial charge on any atom is 0.400 e. The van der Waals surface area contributed by atoms with Crippen molar-refractivity contribution < 1.29 is 27.2 Å². The Hall–Kier alpha value is -2.64. The first kappa shape index (κ1) is 14.8. The average Bonchev–Trinajstić information content (AvgIpc) is 3.14. The fraction of sp³-hybridized carbons (Fsp3) is 0.231. The molecule has 0 saturated carbocycles. The lowest BCUT2D eigenvalue weighted by molar-refractivity contribution is -0.160. The summed E-state index contributed by atoms with van der Waals surface area (Å²) in [6, 6.07) is 6.12. The lowest BCUT2D eigenvalue weighted by Crippen LogP contribution is -2.50. The van der Waals surface area contributed by atoms with Crippen LogP contribution < -0.4 is 10.6 Å². The molecule has 21 heavy (non-hydrogen) atoms. The molecule has 0 atom stereocenters. The number of carbonyl (C=O) groups is 2. The standard InChI is InChI=1S/C13H12F2N2O4/c14-13(15,11(18)16-7-9-3-1-5-20-9)12(19)17-8-10-4-2-6-21-10/h1-6H,7-8H2,(H,16,18)(H,17,19). The molecule has 2 rings (SSSR count). The highest BCUT2D eigenvalue weighted by Gasteiger charge is 2.47. The van der Waals surface area contributed by atoms with Crippen molar-refractivity contribution in [2.75, 3.05) is 0 Å². The van der Waals surface area contributed by atoms with Gasteiger partial charge in [-0.1, -0.05) is 0 Å². The predicted octanol–water partition coefficient (Wildman–Crippen LogP) is 1.44. The van der Waals surface area contributed by atoms with Crippen LogP contribution >= 0.6 is 0 Å². The lowest BCUT2D eigenvalue weighted by atomic mass is 10.2. The molecule has 0 saturated heterocycles. The quantitative estimate of drug-likeness (QED) is 0.790. The van der Waals surface area contributed by atoms with Crippen LogP contribution in [0, 0.1) is 0 Å². The fourth-order valence-electron chi connectivity index (χ4n) is 1.49. The monoisotopic (exact) mass is 298 g/mol. The molecule has 0 aliphatic carbocycles. The van der Waals surface area contributed by atoms with E-state index in [9.17, 15) is 18.4 Å². The summed E-state index contributed by atoms with van der Waals surface area (Å²) >= 11 is 0. The number of nitrogens with one attached hydrogen (secondary N) is 2. The van der Waals surface area contributed by atoms with Crippen LogP contribution in [-0.2, 0) is 22.7 Å². The van der Waals surface area contributed by atoms with Crippen molar-refractivity contribution in [3.8, 4) is 0 Å². The number of hydrogen-bond donors (Lipinski definition) is 2. The number of carbonyl (C=O) groups excluding carboxylic acids is 2. The Labute approximate surface area is 118 Å². The summed E-state index contributed by atoms with van der Waals surface area (Å²) in [5, 5.41) is 3.86. The van der Waals surface area contributed by atoms with Crippen LogP contribution in [0.15, 0.2) is 45.6 Å². The fourth-order valence-corrected chi connectivity index (χ4v) is 1.49. The number of alkyl halides is 2. The molecule has 112 valence electrons. The van der Waals surface area contributed by atoms with Gasteiger partial charge < -0.3 is 19.5 Å². The van der Waals surface area contributed by atoms with Gasteiger partial charge in [-0.25, -0.2) is 0 Å². The summed E-state index contributed by atoms with van der Waals surface area (Å²) in [6.07, 6.45) is 2.69. The first-order chi connectivity index (χ1) is 10.00. The molecule has 0 aromatic carbocycles. The van der Waals surface area contributed by atoms with E-state index < -0.39 is 17.7 Å². The molecular formula is C13H12F2N2O4. The van der Waals surface area contributed by atoms with E-state index in [-0.39, 0.29) is 13.1 Å². The number of furan rings is 2. The van der Waals surface area contributed by atoms with Crippen LogP contribution in [0.25, 0.3) is 0 Å². The third-order valence-corrected chi connectivity index (χ3v) is 2.58.